The lowest BCUT2D eigenvalue weighted by molar-refractivity contribution is -0.134. The molecule has 1 heterocycles. The van der Waals surface area contributed by atoms with E-state index in [2.05, 4.69) is 11.0 Å². The SMILES string of the molecule is C#CCOC(=O)C1=NN(c2ccccc2)[C@H](C(N)=O)C1. The maximum absolute atomic E-state index is 11.7. The minimum absolute atomic E-state index is 0.105. The quantitative estimate of drug-likeness (QED) is 0.629. The van der Waals surface area contributed by atoms with E-state index in [1.807, 2.05) is 6.07 Å². The van der Waals surface area contributed by atoms with Crippen LogP contribution in [0.15, 0.2) is 35.4 Å². The predicted molar refractivity (Wildman–Crippen MR) is 73.7 cm³/mol. The average Bonchev–Trinajstić information content (AvgIpc) is 2.91. The van der Waals surface area contributed by atoms with Gasteiger partial charge in [0, 0.05) is 6.42 Å². The van der Waals surface area contributed by atoms with Crippen molar-refractivity contribution in [1.29, 1.82) is 0 Å². The lowest BCUT2D eigenvalue weighted by Gasteiger charge is -2.20. The predicted octanol–water partition coefficient (Wildman–Crippen LogP) is 0.283. The van der Waals surface area contributed by atoms with Crippen molar-refractivity contribution >= 4 is 23.3 Å². The minimum Gasteiger partial charge on any atom is -0.448 e. The molecule has 0 fully saturated rings. The molecule has 20 heavy (non-hydrogen) atoms. The van der Waals surface area contributed by atoms with Gasteiger partial charge in [0.1, 0.15) is 11.8 Å². The van der Waals surface area contributed by atoms with Gasteiger partial charge in [-0.2, -0.15) is 5.10 Å². The Morgan fingerprint density at radius 2 is 2.15 bits per heavy atom. The van der Waals surface area contributed by atoms with Crippen molar-refractivity contribution in [1.82, 2.24) is 0 Å². The monoisotopic (exact) mass is 271 g/mol. The van der Waals surface area contributed by atoms with Crippen molar-refractivity contribution in [2.24, 2.45) is 10.8 Å². The zero-order valence-electron chi connectivity index (χ0n) is 10.7. The molecule has 0 radical (unpaired) electrons. The summed E-state index contributed by atoms with van der Waals surface area (Å²) in [7, 11) is 0. The Morgan fingerprint density at radius 1 is 1.45 bits per heavy atom. The fourth-order valence-corrected chi connectivity index (χ4v) is 1.86. The number of hydrazone groups is 1. The van der Waals surface area contributed by atoms with Gasteiger partial charge in [0.15, 0.2) is 6.61 Å². The molecule has 1 aromatic rings. The van der Waals surface area contributed by atoms with Gasteiger partial charge < -0.3 is 10.5 Å². The summed E-state index contributed by atoms with van der Waals surface area (Å²) in [6.45, 7) is -0.134. The van der Waals surface area contributed by atoms with Gasteiger partial charge in [-0.05, 0) is 12.1 Å². The number of amides is 1. The van der Waals surface area contributed by atoms with Crippen LogP contribution < -0.4 is 10.7 Å². The number of ether oxygens (including phenoxy) is 1. The molecule has 102 valence electrons. The number of hydrogen-bond donors (Lipinski definition) is 1. The molecule has 0 saturated carbocycles. The number of rotatable bonds is 4. The maximum atomic E-state index is 11.7. The van der Waals surface area contributed by atoms with Crippen molar-refractivity contribution < 1.29 is 14.3 Å². The molecule has 6 nitrogen and oxygen atoms in total. The second-order valence-electron chi connectivity index (χ2n) is 4.13. The summed E-state index contributed by atoms with van der Waals surface area (Å²) in [5.74, 6) is 1.01. The highest BCUT2D eigenvalue weighted by Gasteiger charge is 2.35. The van der Waals surface area contributed by atoms with Crippen molar-refractivity contribution in [3.05, 3.63) is 30.3 Å². The first-order valence-corrected chi connectivity index (χ1v) is 5.95. The third-order valence-electron chi connectivity index (χ3n) is 2.78. The Hall–Kier alpha value is -2.81. The zero-order valence-corrected chi connectivity index (χ0v) is 10.7. The number of para-hydroxylation sites is 1. The molecule has 1 aliphatic heterocycles. The summed E-state index contributed by atoms with van der Waals surface area (Å²) >= 11 is 0. The first kappa shape index (κ1) is 13.6. The van der Waals surface area contributed by atoms with E-state index < -0.39 is 17.9 Å². The number of benzene rings is 1. The fraction of sp³-hybridized carbons (Fsp3) is 0.214. The molecule has 1 amide bonds. The van der Waals surface area contributed by atoms with E-state index in [4.69, 9.17) is 16.9 Å². The normalized spacial score (nSPS) is 17.2. The van der Waals surface area contributed by atoms with Crippen LogP contribution in [0.2, 0.25) is 0 Å². The van der Waals surface area contributed by atoms with Crippen LogP contribution in [0.25, 0.3) is 0 Å². The highest BCUT2D eigenvalue weighted by atomic mass is 16.5. The molecule has 0 spiro atoms. The number of carbonyl (C=O) groups is 2. The standard InChI is InChI=1S/C14H13N3O3/c1-2-8-20-14(19)11-9-12(13(15)18)17(16-11)10-6-4-3-5-7-10/h1,3-7,12H,8-9H2,(H2,15,18)/t12-/m0/s1. The van der Waals surface area contributed by atoms with Crippen LogP contribution in [0.4, 0.5) is 5.69 Å². The summed E-state index contributed by atoms with van der Waals surface area (Å²) in [5.41, 5.74) is 6.16. The highest BCUT2D eigenvalue weighted by Crippen LogP contribution is 2.24. The molecule has 1 aliphatic rings. The van der Waals surface area contributed by atoms with Gasteiger partial charge in [0.2, 0.25) is 5.91 Å². The summed E-state index contributed by atoms with van der Waals surface area (Å²) in [5, 5.41) is 5.55. The van der Waals surface area contributed by atoms with Crippen molar-refractivity contribution in [3.63, 3.8) is 0 Å². The van der Waals surface area contributed by atoms with Gasteiger partial charge in [0.05, 0.1) is 5.69 Å². The zero-order chi connectivity index (χ0) is 14.5. The fourth-order valence-electron chi connectivity index (χ4n) is 1.86. The number of nitrogens with two attached hydrogens (primary N) is 1. The van der Waals surface area contributed by atoms with Crippen LogP contribution >= 0.6 is 0 Å². The van der Waals surface area contributed by atoms with Crippen LogP contribution in [-0.4, -0.2) is 30.2 Å². The molecular formula is C14H13N3O3. The lowest BCUT2D eigenvalue weighted by Crippen LogP contribution is -2.39. The maximum Gasteiger partial charge on any atom is 0.355 e. The number of carbonyl (C=O) groups excluding carboxylic acids is 2. The van der Waals surface area contributed by atoms with E-state index in [-0.39, 0.29) is 18.7 Å². The van der Waals surface area contributed by atoms with Crippen LogP contribution in [-0.2, 0) is 14.3 Å². The van der Waals surface area contributed by atoms with Gasteiger partial charge in [-0.3, -0.25) is 9.80 Å². The van der Waals surface area contributed by atoms with E-state index in [1.165, 1.54) is 5.01 Å². The number of hydrogen-bond acceptors (Lipinski definition) is 5. The number of anilines is 1. The van der Waals surface area contributed by atoms with E-state index in [9.17, 15) is 9.59 Å². The highest BCUT2D eigenvalue weighted by molar-refractivity contribution is 6.38. The van der Waals surface area contributed by atoms with Crippen LogP contribution in [0.5, 0.6) is 0 Å². The Morgan fingerprint density at radius 3 is 2.75 bits per heavy atom. The van der Waals surface area contributed by atoms with Crippen LogP contribution in [0.3, 0.4) is 0 Å². The van der Waals surface area contributed by atoms with E-state index in [1.54, 1.807) is 24.3 Å². The minimum atomic E-state index is -0.703. The first-order chi connectivity index (χ1) is 9.63. The molecular weight excluding hydrogens is 258 g/mol. The van der Waals surface area contributed by atoms with Crippen molar-refractivity contribution in [3.8, 4) is 12.3 Å². The number of esters is 1. The summed E-state index contributed by atoms with van der Waals surface area (Å²) in [6, 6.07) is 8.29. The van der Waals surface area contributed by atoms with E-state index in [0.29, 0.717) is 5.69 Å². The second kappa shape index (κ2) is 5.89. The lowest BCUT2D eigenvalue weighted by atomic mass is 10.1. The molecule has 0 aromatic heterocycles. The Bertz CT molecular complexity index is 589. The summed E-state index contributed by atoms with van der Waals surface area (Å²) in [4.78, 5) is 23.2. The van der Waals surface area contributed by atoms with Gasteiger partial charge >= 0.3 is 5.97 Å². The van der Waals surface area contributed by atoms with Crippen molar-refractivity contribution in [2.75, 3.05) is 11.6 Å². The van der Waals surface area contributed by atoms with Gasteiger partial charge in [0.25, 0.3) is 0 Å². The van der Waals surface area contributed by atoms with Crippen LogP contribution in [0.1, 0.15) is 6.42 Å². The van der Waals surface area contributed by atoms with Crippen molar-refractivity contribution in [2.45, 2.75) is 12.5 Å². The van der Waals surface area contributed by atoms with E-state index >= 15 is 0 Å². The van der Waals surface area contributed by atoms with Gasteiger partial charge in [-0.25, -0.2) is 4.79 Å². The molecule has 2 N–H and O–H groups in total. The topological polar surface area (TPSA) is 85.0 Å². The van der Waals surface area contributed by atoms with Gasteiger partial charge in [-0.15, -0.1) is 6.42 Å². The molecule has 1 aromatic carbocycles. The Labute approximate surface area is 116 Å². The molecule has 0 unspecified atom stereocenters. The first-order valence-electron chi connectivity index (χ1n) is 5.95. The largest absolute Gasteiger partial charge is 0.448 e. The van der Waals surface area contributed by atoms with Gasteiger partial charge in [-0.1, -0.05) is 24.1 Å². The Balaban J connectivity index is 2.24. The molecule has 6 heteroatoms. The van der Waals surface area contributed by atoms with E-state index in [0.717, 1.165) is 0 Å². The number of nitrogens with zero attached hydrogens (tertiary/aromatic N) is 2. The molecule has 0 aliphatic carbocycles. The summed E-state index contributed by atoms with van der Waals surface area (Å²) < 4.78 is 4.80. The molecule has 0 saturated heterocycles. The number of terminal acetylenes is 1. The molecule has 1 atom stereocenters. The molecule has 2 rings (SSSR count). The summed E-state index contributed by atoms with van der Waals surface area (Å²) in [6.07, 6.45) is 5.12. The average molecular weight is 271 g/mol. The third-order valence-corrected chi connectivity index (χ3v) is 2.78. The van der Waals surface area contributed by atoms with Crippen LogP contribution in [0, 0.1) is 12.3 Å². The second-order valence-corrected chi connectivity index (χ2v) is 4.13. The Kier molecular flexibility index (Phi) is 4.01. The molecule has 0 bridgehead atoms. The number of primary amides is 1. The third kappa shape index (κ3) is 2.78. The smallest absolute Gasteiger partial charge is 0.355 e.